The van der Waals surface area contributed by atoms with Crippen molar-refractivity contribution < 1.29 is 0 Å². The van der Waals surface area contributed by atoms with Gasteiger partial charge < -0.3 is 4.98 Å². The molecule has 1 aliphatic carbocycles. The minimum absolute atomic E-state index is 0.0292. The summed E-state index contributed by atoms with van der Waals surface area (Å²) >= 11 is 3.46. The summed E-state index contributed by atoms with van der Waals surface area (Å²) in [4.78, 5) is 26.0. The molecule has 3 aromatic rings. The lowest BCUT2D eigenvalue weighted by Crippen LogP contribution is -2.24. The zero-order valence-corrected chi connectivity index (χ0v) is 14.9. The van der Waals surface area contributed by atoms with Gasteiger partial charge in [0.25, 0.3) is 5.56 Å². The fourth-order valence-corrected chi connectivity index (χ4v) is 5.37. The SMILES string of the molecule is C[C@H](c1cccs1)N(C)Cc1nc2sc3c(c2c(=O)[nH]1)CCC3. The third-order valence-electron chi connectivity index (χ3n) is 4.64. The van der Waals surface area contributed by atoms with E-state index in [9.17, 15) is 4.79 Å². The summed E-state index contributed by atoms with van der Waals surface area (Å²) in [5.74, 6) is 0.758. The molecule has 0 bridgehead atoms. The van der Waals surface area contributed by atoms with Crippen molar-refractivity contribution >= 4 is 32.9 Å². The van der Waals surface area contributed by atoms with E-state index in [4.69, 9.17) is 4.98 Å². The maximum Gasteiger partial charge on any atom is 0.259 e. The number of aromatic amines is 1. The summed E-state index contributed by atoms with van der Waals surface area (Å²) < 4.78 is 0. The average Bonchev–Trinajstić information content (AvgIpc) is 3.22. The number of thiophene rings is 2. The molecule has 1 aliphatic rings. The van der Waals surface area contributed by atoms with Gasteiger partial charge >= 0.3 is 0 Å². The van der Waals surface area contributed by atoms with Gasteiger partial charge in [-0.15, -0.1) is 22.7 Å². The van der Waals surface area contributed by atoms with Gasteiger partial charge in [0.05, 0.1) is 11.9 Å². The molecule has 3 heterocycles. The standard InChI is InChI=1S/C17H19N3OS2/c1-10(12-7-4-8-22-12)20(2)9-14-18-16(21)15-11-5-3-6-13(11)23-17(15)19-14/h4,7-8,10H,3,5-6,9H2,1-2H3,(H,18,19,21)/t10-/m1/s1. The Morgan fingerprint density at radius 2 is 2.30 bits per heavy atom. The predicted octanol–water partition coefficient (Wildman–Crippen LogP) is 3.73. The number of H-pyrrole nitrogens is 1. The zero-order chi connectivity index (χ0) is 16.0. The van der Waals surface area contributed by atoms with E-state index < -0.39 is 0 Å². The van der Waals surface area contributed by atoms with Crippen molar-refractivity contribution in [2.24, 2.45) is 0 Å². The van der Waals surface area contributed by atoms with Gasteiger partial charge in [-0.2, -0.15) is 0 Å². The summed E-state index contributed by atoms with van der Waals surface area (Å²) in [6.45, 7) is 2.83. The lowest BCUT2D eigenvalue weighted by atomic mass is 10.2. The summed E-state index contributed by atoms with van der Waals surface area (Å²) in [6.07, 6.45) is 3.29. The highest BCUT2D eigenvalue weighted by Gasteiger charge is 2.21. The van der Waals surface area contributed by atoms with Crippen molar-refractivity contribution in [2.45, 2.75) is 38.8 Å². The monoisotopic (exact) mass is 345 g/mol. The molecule has 4 rings (SSSR count). The van der Waals surface area contributed by atoms with Crippen LogP contribution in [0.15, 0.2) is 22.3 Å². The van der Waals surface area contributed by atoms with Gasteiger partial charge in [-0.25, -0.2) is 4.98 Å². The Hall–Kier alpha value is -1.50. The highest BCUT2D eigenvalue weighted by molar-refractivity contribution is 7.18. The van der Waals surface area contributed by atoms with Crippen LogP contribution in [0, 0.1) is 0 Å². The van der Waals surface area contributed by atoms with Gasteiger partial charge in [-0.3, -0.25) is 9.69 Å². The molecule has 0 spiro atoms. The third-order valence-corrected chi connectivity index (χ3v) is 6.87. The first-order valence-electron chi connectivity index (χ1n) is 7.90. The lowest BCUT2D eigenvalue weighted by molar-refractivity contribution is 0.250. The highest BCUT2D eigenvalue weighted by atomic mass is 32.1. The number of nitrogens with one attached hydrogen (secondary N) is 1. The Balaban J connectivity index is 1.64. The molecular formula is C17H19N3OS2. The van der Waals surface area contributed by atoms with Crippen LogP contribution in [0.4, 0.5) is 0 Å². The average molecular weight is 345 g/mol. The largest absolute Gasteiger partial charge is 0.309 e. The molecule has 1 atom stereocenters. The molecule has 6 heteroatoms. The van der Waals surface area contributed by atoms with Gasteiger partial charge in [0.2, 0.25) is 0 Å². The summed E-state index contributed by atoms with van der Waals surface area (Å²) in [5.41, 5.74) is 1.27. The molecule has 0 aliphatic heterocycles. The fraction of sp³-hybridized carbons (Fsp3) is 0.412. The van der Waals surface area contributed by atoms with Crippen molar-refractivity contribution in [3.63, 3.8) is 0 Å². The zero-order valence-electron chi connectivity index (χ0n) is 13.3. The highest BCUT2D eigenvalue weighted by Crippen LogP contribution is 2.34. The Bertz CT molecular complexity index is 895. The van der Waals surface area contributed by atoms with Crippen molar-refractivity contribution in [3.05, 3.63) is 49.0 Å². The molecule has 1 N–H and O–H groups in total. The molecule has 23 heavy (non-hydrogen) atoms. The second-order valence-electron chi connectivity index (χ2n) is 6.16. The molecule has 0 unspecified atom stereocenters. The van der Waals surface area contributed by atoms with Gasteiger partial charge in [-0.05, 0) is 50.2 Å². The summed E-state index contributed by atoms with van der Waals surface area (Å²) in [5, 5.41) is 2.93. The van der Waals surface area contributed by atoms with Gasteiger partial charge in [0.1, 0.15) is 10.7 Å². The Morgan fingerprint density at radius 1 is 1.43 bits per heavy atom. The number of nitrogens with zero attached hydrogens (tertiary/aromatic N) is 2. The molecule has 0 radical (unpaired) electrons. The van der Waals surface area contributed by atoms with Crippen LogP contribution < -0.4 is 5.56 Å². The molecule has 3 aromatic heterocycles. The Morgan fingerprint density at radius 3 is 3.09 bits per heavy atom. The number of aryl methyl sites for hydroxylation is 2. The van der Waals surface area contributed by atoms with Crippen LogP contribution in [0.2, 0.25) is 0 Å². The first-order valence-corrected chi connectivity index (χ1v) is 9.60. The number of aromatic nitrogens is 2. The number of fused-ring (bicyclic) bond motifs is 3. The number of hydrogen-bond donors (Lipinski definition) is 1. The van der Waals surface area contributed by atoms with Crippen LogP contribution in [0.1, 0.15) is 40.5 Å². The maximum atomic E-state index is 12.5. The van der Waals surface area contributed by atoms with E-state index in [0.29, 0.717) is 12.6 Å². The van der Waals surface area contributed by atoms with E-state index >= 15 is 0 Å². The predicted molar refractivity (Wildman–Crippen MR) is 96.5 cm³/mol. The molecular weight excluding hydrogens is 326 g/mol. The van der Waals surface area contributed by atoms with Crippen molar-refractivity contribution in [2.75, 3.05) is 7.05 Å². The van der Waals surface area contributed by atoms with Crippen LogP contribution in [0.25, 0.3) is 10.2 Å². The molecule has 0 fully saturated rings. The molecule has 0 aromatic carbocycles. The third kappa shape index (κ3) is 2.65. The Kier molecular flexibility index (Phi) is 3.83. The van der Waals surface area contributed by atoms with Crippen molar-refractivity contribution in [1.82, 2.24) is 14.9 Å². The van der Waals surface area contributed by atoms with Gasteiger partial charge in [0.15, 0.2) is 0 Å². The molecule has 0 saturated heterocycles. The Labute approximate surface area is 142 Å². The quantitative estimate of drug-likeness (QED) is 0.784. The van der Waals surface area contributed by atoms with Crippen LogP contribution >= 0.6 is 22.7 Å². The van der Waals surface area contributed by atoms with Gasteiger partial charge in [-0.1, -0.05) is 6.07 Å². The van der Waals surface area contributed by atoms with Crippen LogP contribution in [0.3, 0.4) is 0 Å². The second-order valence-corrected chi connectivity index (χ2v) is 8.22. The van der Waals surface area contributed by atoms with Crippen LogP contribution in [-0.4, -0.2) is 21.9 Å². The van der Waals surface area contributed by atoms with E-state index in [1.165, 1.54) is 21.7 Å². The van der Waals surface area contributed by atoms with E-state index in [2.05, 4.69) is 41.4 Å². The van der Waals surface area contributed by atoms with E-state index in [0.717, 1.165) is 28.9 Å². The number of hydrogen-bond acceptors (Lipinski definition) is 5. The number of rotatable bonds is 4. The minimum atomic E-state index is 0.0292. The summed E-state index contributed by atoms with van der Waals surface area (Å²) in [6, 6.07) is 4.53. The van der Waals surface area contributed by atoms with Gasteiger partial charge in [0, 0.05) is 15.8 Å². The first kappa shape index (κ1) is 15.1. The topological polar surface area (TPSA) is 49.0 Å². The smallest absolute Gasteiger partial charge is 0.259 e. The lowest BCUT2D eigenvalue weighted by Gasteiger charge is -2.23. The second kappa shape index (κ2) is 5.85. The summed E-state index contributed by atoms with van der Waals surface area (Å²) in [7, 11) is 2.07. The fourth-order valence-electron chi connectivity index (χ4n) is 3.24. The maximum absolute atomic E-state index is 12.5. The molecule has 120 valence electrons. The molecule has 4 nitrogen and oxygen atoms in total. The first-order chi connectivity index (χ1) is 11.1. The molecule has 0 amide bonds. The minimum Gasteiger partial charge on any atom is -0.309 e. The van der Waals surface area contributed by atoms with Crippen LogP contribution in [0.5, 0.6) is 0 Å². The van der Waals surface area contributed by atoms with Crippen molar-refractivity contribution in [1.29, 1.82) is 0 Å². The van der Waals surface area contributed by atoms with Crippen molar-refractivity contribution in [3.8, 4) is 0 Å². The normalized spacial score (nSPS) is 15.4. The molecule has 0 saturated carbocycles. The van der Waals surface area contributed by atoms with Crippen LogP contribution in [-0.2, 0) is 19.4 Å². The van der Waals surface area contributed by atoms with E-state index in [1.807, 2.05) is 0 Å². The van der Waals surface area contributed by atoms with E-state index in [1.54, 1.807) is 22.7 Å². The van der Waals surface area contributed by atoms with E-state index in [-0.39, 0.29) is 5.56 Å².